The first-order valence-corrected chi connectivity index (χ1v) is 13.7. The lowest BCUT2D eigenvalue weighted by molar-refractivity contribution is -0.200. The summed E-state index contributed by atoms with van der Waals surface area (Å²) < 4.78 is 10.2. The van der Waals surface area contributed by atoms with Gasteiger partial charge in [-0.3, -0.25) is 4.79 Å². The van der Waals surface area contributed by atoms with E-state index < -0.39 is 48.9 Å². The van der Waals surface area contributed by atoms with Crippen molar-refractivity contribution in [1.29, 1.82) is 0 Å². The molecule has 0 radical (unpaired) electrons. The Labute approximate surface area is 210 Å². The van der Waals surface area contributed by atoms with Gasteiger partial charge in [-0.25, -0.2) is 0 Å². The van der Waals surface area contributed by atoms with Crippen molar-refractivity contribution in [2.75, 3.05) is 13.2 Å². The minimum Gasteiger partial charge on any atom is -0.427 e. The molecule has 9 heteroatoms. The fraction of sp³-hybridized carbons (Fsp3) is 0.962. The summed E-state index contributed by atoms with van der Waals surface area (Å²) in [5.41, 5.74) is 0. The number of unbranched alkanes of at least 4 members (excludes halogenated alkanes) is 14. The minimum atomic E-state index is -1.97. The van der Waals surface area contributed by atoms with E-state index in [4.69, 9.17) is 14.6 Å². The third-order valence-electron chi connectivity index (χ3n) is 6.76. The number of aliphatic hydroxyl groups is 6. The van der Waals surface area contributed by atoms with E-state index in [2.05, 4.69) is 6.92 Å². The first kappa shape index (κ1) is 32.2. The third kappa shape index (κ3) is 12.8. The van der Waals surface area contributed by atoms with Crippen molar-refractivity contribution in [2.24, 2.45) is 0 Å². The van der Waals surface area contributed by atoms with Crippen molar-refractivity contribution in [3.63, 3.8) is 0 Å². The van der Waals surface area contributed by atoms with Gasteiger partial charge in [-0.15, -0.1) is 0 Å². The van der Waals surface area contributed by atoms with Crippen molar-refractivity contribution >= 4 is 5.97 Å². The van der Waals surface area contributed by atoms with Crippen LogP contribution >= 0.6 is 0 Å². The number of carbonyl (C=O) groups excluding carboxylic acids is 1. The van der Waals surface area contributed by atoms with Crippen LogP contribution in [0.5, 0.6) is 0 Å². The van der Waals surface area contributed by atoms with Crippen LogP contribution in [-0.4, -0.2) is 86.1 Å². The SMILES string of the molecule is CCCCCCCCCCCCCCCCCC(=O)OC1(C(O)[C@H](O)[C@@H](O)[C@H](O)[C@H](O)CO)CO1. The van der Waals surface area contributed by atoms with Crippen LogP contribution < -0.4 is 0 Å². The van der Waals surface area contributed by atoms with Crippen molar-refractivity contribution in [3.05, 3.63) is 0 Å². The van der Waals surface area contributed by atoms with Gasteiger partial charge in [0.15, 0.2) is 6.10 Å². The van der Waals surface area contributed by atoms with Crippen LogP contribution in [0.25, 0.3) is 0 Å². The zero-order valence-corrected chi connectivity index (χ0v) is 21.5. The molecule has 0 aromatic heterocycles. The summed E-state index contributed by atoms with van der Waals surface area (Å²) in [6.07, 6.45) is 9.13. The van der Waals surface area contributed by atoms with E-state index in [-0.39, 0.29) is 13.0 Å². The van der Waals surface area contributed by atoms with Crippen LogP contribution in [0.1, 0.15) is 110 Å². The predicted octanol–water partition coefficient (Wildman–Crippen LogP) is 2.31. The summed E-state index contributed by atoms with van der Waals surface area (Å²) in [7, 11) is 0. The number of carbonyl (C=O) groups is 1. The molecule has 1 fully saturated rings. The van der Waals surface area contributed by atoms with Gasteiger partial charge < -0.3 is 40.1 Å². The molecule has 208 valence electrons. The first-order valence-electron chi connectivity index (χ1n) is 13.7. The van der Waals surface area contributed by atoms with Crippen molar-refractivity contribution in [2.45, 2.75) is 146 Å². The molecule has 0 bridgehead atoms. The molecule has 1 heterocycles. The second kappa shape index (κ2) is 18.4. The molecule has 0 saturated carbocycles. The monoisotopic (exact) mass is 506 g/mol. The molecular weight excluding hydrogens is 456 g/mol. The molecule has 0 aromatic rings. The van der Waals surface area contributed by atoms with Crippen LogP contribution in [0.3, 0.4) is 0 Å². The molecule has 6 atom stereocenters. The van der Waals surface area contributed by atoms with Crippen LogP contribution in [-0.2, 0) is 14.3 Å². The number of hydrogen-bond donors (Lipinski definition) is 6. The van der Waals surface area contributed by atoms with Crippen molar-refractivity contribution in [3.8, 4) is 0 Å². The maximum atomic E-state index is 12.1. The average Bonchev–Trinajstić information content (AvgIpc) is 3.64. The maximum Gasteiger partial charge on any atom is 0.308 e. The van der Waals surface area contributed by atoms with Gasteiger partial charge in [0.1, 0.15) is 31.0 Å². The average molecular weight is 507 g/mol. The van der Waals surface area contributed by atoms with Gasteiger partial charge in [-0.2, -0.15) is 0 Å². The molecule has 0 aromatic carbocycles. The summed E-state index contributed by atoms with van der Waals surface area (Å²) in [6.45, 7) is 1.26. The number of aliphatic hydroxyl groups excluding tert-OH is 6. The topological polar surface area (TPSA) is 160 Å². The standard InChI is InChI=1S/C26H50O9/c1-2-3-4-5-6-7-8-9-10-11-12-13-14-15-16-17-21(29)35-26(19-34-26)25(33)24(32)23(31)22(30)20(28)18-27/h20,22-25,27-28,30-33H,2-19H2,1H3/t20-,22-,23+,24-,25?,26?/m1/s1. The quantitative estimate of drug-likeness (QED) is 0.0694. The van der Waals surface area contributed by atoms with E-state index >= 15 is 0 Å². The highest BCUT2D eigenvalue weighted by molar-refractivity contribution is 5.70. The third-order valence-corrected chi connectivity index (χ3v) is 6.76. The van der Waals surface area contributed by atoms with Gasteiger partial charge in [0, 0.05) is 6.42 Å². The summed E-state index contributed by atoms with van der Waals surface area (Å²) >= 11 is 0. The van der Waals surface area contributed by atoms with Crippen LogP contribution in [0, 0.1) is 0 Å². The molecule has 1 aliphatic heterocycles. The lowest BCUT2D eigenvalue weighted by atomic mass is 9.96. The van der Waals surface area contributed by atoms with Crippen LogP contribution in [0.15, 0.2) is 0 Å². The van der Waals surface area contributed by atoms with E-state index in [0.29, 0.717) is 6.42 Å². The van der Waals surface area contributed by atoms with Gasteiger partial charge in [-0.05, 0) is 6.42 Å². The predicted molar refractivity (Wildman–Crippen MR) is 131 cm³/mol. The molecule has 35 heavy (non-hydrogen) atoms. The minimum absolute atomic E-state index is 0.152. The smallest absolute Gasteiger partial charge is 0.308 e. The molecular formula is C26H50O9. The molecule has 0 aliphatic carbocycles. The zero-order valence-electron chi connectivity index (χ0n) is 21.5. The van der Waals surface area contributed by atoms with E-state index in [1.807, 2.05) is 0 Å². The normalized spacial score (nSPS) is 21.8. The highest BCUT2D eigenvalue weighted by atomic mass is 16.8. The van der Waals surface area contributed by atoms with E-state index in [1.165, 1.54) is 70.6 Å². The molecule has 1 aliphatic rings. The summed E-state index contributed by atoms with van der Waals surface area (Å²) in [6, 6.07) is 0. The van der Waals surface area contributed by atoms with Gasteiger partial charge in [0.2, 0.25) is 0 Å². The lowest BCUT2D eigenvalue weighted by Gasteiger charge is -2.30. The Kier molecular flexibility index (Phi) is 17.0. The zero-order chi connectivity index (χ0) is 26.1. The Morgan fingerprint density at radius 2 is 1.17 bits per heavy atom. The van der Waals surface area contributed by atoms with E-state index in [1.54, 1.807) is 0 Å². The van der Waals surface area contributed by atoms with Crippen LogP contribution in [0.2, 0.25) is 0 Å². The lowest BCUT2D eigenvalue weighted by Crippen LogP contribution is -2.54. The Morgan fingerprint density at radius 1 is 0.743 bits per heavy atom. The molecule has 6 N–H and O–H groups in total. The fourth-order valence-electron chi connectivity index (χ4n) is 4.23. The fourth-order valence-corrected chi connectivity index (χ4v) is 4.23. The second-order valence-corrected chi connectivity index (χ2v) is 9.94. The Bertz CT molecular complexity index is 541. The van der Waals surface area contributed by atoms with Gasteiger partial charge in [0.05, 0.1) is 6.61 Å². The molecule has 1 rings (SSSR count). The van der Waals surface area contributed by atoms with Crippen molar-refractivity contribution < 1.29 is 44.9 Å². The Balaban J connectivity index is 2.07. The number of epoxide rings is 1. The summed E-state index contributed by atoms with van der Waals surface area (Å²) in [5, 5.41) is 58.2. The highest BCUT2D eigenvalue weighted by Crippen LogP contribution is 2.35. The molecule has 1 saturated heterocycles. The second-order valence-electron chi connectivity index (χ2n) is 9.94. The van der Waals surface area contributed by atoms with Crippen LogP contribution in [0.4, 0.5) is 0 Å². The first-order chi connectivity index (χ1) is 16.8. The number of rotatable bonds is 23. The maximum absolute atomic E-state index is 12.1. The number of esters is 1. The summed E-state index contributed by atoms with van der Waals surface area (Å²) in [5.74, 6) is -2.34. The van der Waals surface area contributed by atoms with E-state index in [0.717, 1.165) is 19.3 Å². The van der Waals surface area contributed by atoms with E-state index in [9.17, 15) is 30.3 Å². The molecule has 0 amide bonds. The molecule has 9 nitrogen and oxygen atoms in total. The van der Waals surface area contributed by atoms with Gasteiger partial charge >= 0.3 is 5.97 Å². The Morgan fingerprint density at radius 3 is 1.57 bits per heavy atom. The van der Waals surface area contributed by atoms with Gasteiger partial charge in [-0.1, -0.05) is 96.8 Å². The number of hydrogen-bond acceptors (Lipinski definition) is 9. The summed E-state index contributed by atoms with van der Waals surface area (Å²) in [4.78, 5) is 12.1. The highest BCUT2D eigenvalue weighted by Gasteiger charge is 2.59. The molecule has 0 spiro atoms. The largest absolute Gasteiger partial charge is 0.427 e. The van der Waals surface area contributed by atoms with Crippen molar-refractivity contribution in [1.82, 2.24) is 0 Å². The number of ether oxygens (including phenoxy) is 2. The Hall–Kier alpha value is -0.810. The van der Waals surface area contributed by atoms with Gasteiger partial charge in [0.25, 0.3) is 5.79 Å². The molecule has 2 unspecified atom stereocenters.